The number of carbonyl (C=O) groups excluding carboxylic acids is 1. The van der Waals surface area contributed by atoms with Crippen molar-refractivity contribution in [2.45, 2.75) is 13.0 Å². The van der Waals surface area contributed by atoms with Crippen LogP contribution < -0.4 is 5.32 Å². The van der Waals surface area contributed by atoms with Gasteiger partial charge in [0.15, 0.2) is 0 Å². The molecule has 0 aromatic rings. The Labute approximate surface area is 99.6 Å². The number of hydrogen-bond acceptors (Lipinski definition) is 3. The van der Waals surface area contributed by atoms with Crippen LogP contribution in [0.2, 0.25) is 0 Å². The summed E-state index contributed by atoms with van der Waals surface area (Å²) in [4.78, 5) is 10.6. The number of carbonyl (C=O) groups is 1. The Morgan fingerprint density at radius 2 is 2.15 bits per heavy atom. The zero-order chi connectivity index (χ0) is 9.78. The molecular formula is C6H12NNaO4S. The van der Waals surface area contributed by atoms with E-state index >= 15 is 0 Å². The Bertz CT molecular complexity index is 274. The fourth-order valence-corrected chi connectivity index (χ4v) is 1.37. The van der Waals surface area contributed by atoms with Gasteiger partial charge in [0.1, 0.15) is 0 Å². The molecule has 0 aliphatic heterocycles. The van der Waals surface area contributed by atoms with Crippen LogP contribution in [0.4, 0.5) is 0 Å². The molecule has 0 aromatic heterocycles. The van der Waals surface area contributed by atoms with Gasteiger partial charge in [-0.2, -0.15) is 8.42 Å². The summed E-state index contributed by atoms with van der Waals surface area (Å²) >= 11 is 0. The first-order valence-corrected chi connectivity index (χ1v) is 4.84. The van der Waals surface area contributed by atoms with Crippen molar-refractivity contribution in [3.05, 3.63) is 12.7 Å². The molecule has 1 unspecified atom stereocenters. The molecule has 0 aliphatic rings. The predicted octanol–water partition coefficient (Wildman–Crippen LogP) is -1.08. The van der Waals surface area contributed by atoms with Crippen molar-refractivity contribution < 1.29 is 17.8 Å². The summed E-state index contributed by atoms with van der Waals surface area (Å²) in [6.07, 6.45) is 1.03. The summed E-state index contributed by atoms with van der Waals surface area (Å²) < 4.78 is 28.9. The van der Waals surface area contributed by atoms with Gasteiger partial charge in [0.25, 0.3) is 10.1 Å². The van der Waals surface area contributed by atoms with Gasteiger partial charge in [-0.05, 0) is 13.0 Å². The summed E-state index contributed by atoms with van der Waals surface area (Å²) in [5, 5.41) is 2.29. The van der Waals surface area contributed by atoms with Crippen molar-refractivity contribution in [1.82, 2.24) is 5.32 Å². The predicted molar refractivity (Wildman–Crippen MR) is 51.4 cm³/mol. The minimum atomic E-state index is -4.03. The Morgan fingerprint density at radius 3 is 2.46 bits per heavy atom. The van der Waals surface area contributed by atoms with Gasteiger partial charge in [-0.3, -0.25) is 9.35 Å². The van der Waals surface area contributed by atoms with Crippen LogP contribution in [-0.2, 0) is 14.9 Å². The second kappa shape index (κ2) is 6.56. The second-order valence-corrected chi connectivity index (χ2v) is 3.86. The van der Waals surface area contributed by atoms with E-state index < -0.39 is 27.8 Å². The minimum absolute atomic E-state index is 0. The van der Waals surface area contributed by atoms with Crippen molar-refractivity contribution in [2.75, 3.05) is 5.75 Å². The van der Waals surface area contributed by atoms with E-state index in [9.17, 15) is 13.2 Å². The third-order valence-electron chi connectivity index (χ3n) is 1.03. The van der Waals surface area contributed by atoms with E-state index in [1.54, 1.807) is 0 Å². The van der Waals surface area contributed by atoms with E-state index in [0.717, 1.165) is 6.08 Å². The molecule has 0 bridgehead atoms. The van der Waals surface area contributed by atoms with Crippen LogP contribution in [0.5, 0.6) is 0 Å². The quantitative estimate of drug-likeness (QED) is 0.356. The summed E-state index contributed by atoms with van der Waals surface area (Å²) in [5.74, 6) is -0.960. The molecule has 0 aromatic carbocycles. The molecule has 72 valence electrons. The first-order chi connectivity index (χ1) is 5.35. The summed E-state index contributed by atoms with van der Waals surface area (Å²) in [5.41, 5.74) is 0. The molecule has 5 nitrogen and oxygen atoms in total. The third kappa shape index (κ3) is 10.0. The van der Waals surface area contributed by atoms with E-state index in [1.807, 2.05) is 0 Å². The van der Waals surface area contributed by atoms with Crippen LogP contribution in [-0.4, -0.2) is 60.2 Å². The van der Waals surface area contributed by atoms with Gasteiger partial charge in [-0.25, -0.2) is 0 Å². The van der Waals surface area contributed by atoms with Gasteiger partial charge >= 0.3 is 29.6 Å². The van der Waals surface area contributed by atoms with E-state index in [0.29, 0.717) is 0 Å². The summed E-state index contributed by atoms with van der Waals surface area (Å²) in [6, 6.07) is -0.620. The Balaban J connectivity index is 0. The van der Waals surface area contributed by atoms with Crippen LogP contribution in [0.3, 0.4) is 0 Å². The SMILES string of the molecule is C=CC(=O)NC(C)CS(=O)(=O)O.[NaH]. The van der Waals surface area contributed by atoms with Gasteiger partial charge < -0.3 is 5.32 Å². The average Bonchev–Trinajstić information content (AvgIpc) is 1.82. The molecule has 0 heterocycles. The van der Waals surface area contributed by atoms with Crippen molar-refractivity contribution in [1.29, 1.82) is 0 Å². The number of nitrogens with one attached hydrogen (secondary N) is 1. The zero-order valence-electron chi connectivity index (χ0n) is 6.65. The van der Waals surface area contributed by atoms with Crippen LogP contribution in [0, 0.1) is 0 Å². The fraction of sp³-hybridized carbons (Fsp3) is 0.500. The molecule has 0 radical (unpaired) electrons. The molecule has 2 N–H and O–H groups in total. The monoisotopic (exact) mass is 217 g/mol. The average molecular weight is 217 g/mol. The molecule has 0 rings (SSSR count). The van der Waals surface area contributed by atoms with Crippen LogP contribution in [0.25, 0.3) is 0 Å². The van der Waals surface area contributed by atoms with Crippen molar-refractivity contribution in [3.63, 3.8) is 0 Å². The molecule has 13 heavy (non-hydrogen) atoms. The molecule has 1 amide bonds. The number of rotatable bonds is 4. The van der Waals surface area contributed by atoms with Crippen LogP contribution in [0.15, 0.2) is 12.7 Å². The first-order valence-electron chi connectivity index (χ1n) is 3.23. The van der Waals surface area contributed by atoms with Crippen molar-refractivity contribution in [3.8, 4) is 0 Å². The molecule has 0 fully saturated rings. The van der Waals surface area contributed by atoms with Crippen molar-refractivity contribution >= 4 is 45.6 Å². The summed E-state index contributed by atoms with van der Waals surface area (Å²) in [6.45, 7) is 4.65. The van der Waals surface area contributed by atoms with E-state index in [-0.39, 0.29) is 29.6 Å². The number of hydrogen-bond donors (Lipinski definition) is 2. The zero-order valence-corrected chi connectivity index (χ0v) is 7.47. The molecule has 1 atom stereocenters. The topological polar surface area (TPSA) is 83.5 Å². The molecule has 7 heteroatoms. The molecule has 0 saturated heterocycles. The van der Waals surface area contributed by atoms with Crippen LogP contribution in [0.1, 0.15) is 6.92 Å². The molecule has 0 aliphatic carbocycles. The Morgan fingerprint density at radius 1 is 1.69 bits per heavy atom. The Hall–Kier alpha value is 0.120. The van der Waals surface area contributed by atoms with Gasteiger partial charge in [0.05, 0.1) is 5.75 Å². The summed E-state index contributed by atoms with van der Waals surface area (Å²) in [7, 11) is -4.03. The maximum atomic E-state index is 10.6. The van der Waals surface area contributed by atoms with Gasteiger partial charge in [-0.1, -0.05) is 6.58 Å². The first kappa shape index (κ1) is 15.6. The molecular weight excluding hydrogens is 205 g/mol. The molecule has 0 spiro atoms. The van der Waals surface area contributed by atoms with Gasteiger partial charge in [0.2, 0.25) is 5.91 Å². The maximum absolute atomic E-state index is 10.6. The standard InChI is InChI=1S/C6H11NO4S.Na.H/c1-3-6(8)7-5(2)4-12(9,10)11;;/h3,5H,1,4H2,2H3,(H,7,8)(H,9,10,11);;. The molecule has 0 saturated carbocycles. The van der Waals surface area contributed by atoms with Gasteiger partial charge in [-0.15, -0.1) is 0 Å². The number of amides is 1. The van der Waals surface area contributed by atoms with E-state index in [4.69, 9.17) is 4.55 Å². The normalized spacial score (nSPS) is 12.5. The fourth-order valence-electron chi connectivity index (χ4n) is 0.659. The van der Waals surface area contributed by atoms with Crippen molar-refractivity contribution in [2.24, 2.45) is 0 Å². The van der Waals surface area contributed by atoms with Gasteiger partial charge in [0, 0.05) is 6.04 Å². The van der Waals surface area contributed by atoms with Crippen LogP contribution >= 0.6 is 0 Å². The van der Waals surface area contributed by atoms with E-state index in [2.05, 4.69) is 11.9 Å². The van der Waals surface area contributed by atoms with E-state index in [1.165, 1.54) is 6.92 Å². The third-order valence-corrected chi connectivity index (χ3v) is 1.96. The Kier molecular flexibility index (Phi) is 7.86. The second-order valence-electron chi connectivity index (χ2n) is 2.36.